The number of rotatable bonds is 6. The highest BCUT2D eigenvalue weighted by Crippen LogP contribution is 2.51. The van der Waals surface area contributed by atoms with E-state index in [9.17, 15) is 0 Å². The van der Waals surface area contributed by atoms with Crippen LogP contribution < -0.4 is 14.5 Å². The Hall–Kier alpha value is -7.14. The van der Waals surface area contributed by atoms with E-state index < -0.39 is 0 Å². The third-order valence-electron chi connectivity index (χ3n) is 10.8. The summed E-state index contributed by atoms with van der Waals surface area (Å²) in [5.74, 6) is 1.67. The highest BCUT2D eigenvalue weighted by molar-refractivity contribution is 7.25. The predicted octanol–water partition coefficient (Wildman–Crippen LogP) is 15.6. The number of fused-ring (bicyclic) bond motifs is 6. The van der Waals surface area contributed by atoms with Crippen LogP contribution in [0.4, 0.5) is 34.1 Å². The molecular formula is C52H34N2OS. The second-order valence-electron chi connectivity index (χ2n) is 14.2. The molecule has 10 aromatic rings. The van der Waals surface area contributed by atoms with Crippen LogP contribution in [0.5, 0.6) is 11.5 Å². The maximum atomic E-state index is 6.54. The van der Waals surface area contributed by atoms with Gasteiger partial charge >= 0.3 is 0 Å². The van der Waals surface area contributed by atoms with E-state index in [4.69, 9.17) is 4.74 Å². The Morgan fingerprint density at radius 2 is 0.982 bits per heavy atom. The molecule has 1 aromatic heterocycles. The van der Waals surface area contributed by atoms with Gasteiger partial charge in [0, 0.05) is 42.6 Å². The normalized spacial score (nSPS) is 12.0. The number of hydrogen-bond acceptors (Lipinski definition) is 4. The molecule has 56 heavy (non-hydrogen) atoms. The predicted molar refractivity (Wildman–Crippen MR) is 237 cm³/mol. The zero-order valence-electron chi connectivity index (χ0n) is 30.3. The van der Waals surface area contributed by atoms with Crippen molar-refractivity contribution in [3.63, 3.8) is 0 Å². The van der Waals surface area contributed by atoms with E-state index in [1.165, 1.54) is 42.1 Å². The van der Waals surface area contributed by atoms with Crippen LogP contribution in [0.1, 0.15) is 0 Å². The van der Waals surface area contributed by atoms with Gasteiger partial charge in [0.05, 0.1) is 17.1 Å². The third-order valence-corrected chi connectivity index (χ3v) is 12.0. The van der Waals surface area contributed by atoms with Crippen molar-refractivity contribution in [1.29, 1.82) is 0 Å². The van der Waals surface area contributed by atoms with Crippen molar-refractivity contribution < 1.29 is 4.74 Å². The minimum Gasteiger partial charge on any atom is -0.453 e. The first kappa shape index (κ1) is 32.3. The van der Waals surface area contributed by atoms with E-state index in [-0.39, 0.29) is 0 Å². The van der Waals surface area contributed by atoms with Crippen molar-refractivity contribution in [2.45, 2.75) is 0 Å². The summed E-state index contributed by atoms with van der Waals surface area (Å²) in [4.78, 5) is 4.65. The minimum atomic E-state index is 0.831. The van der Waals surface area contributed by atoms with Crippen LogP contribution in [0.2, 0.25) is 0 Å². The molecule has 0 N–H and O–H groups in total. The molecule has 0 amide bonds. The van der Waals surface area contributed by atoms with Gasteiger partial charge < -0.3 is 14.5 Å². The average Bonchev–Trinajstić information content (AvgIpc) is 3.64. The van der Waals surface area contributed by atoms with Gasteiger partial charge in [-0.2, -0.15) is 0 Å². The Labute approximate surface area is 329 Å². The highest BCUT2D eigenvalue weighted by Gasteiger charge is 2.26. The van der Waals surface area contributed by atoms with Gasteiger partial charge in [0.25, 0.3) is 0 Å². The number of nitrogens with zero attached hydrogens (tertiary/aromatic N) is 2. The van der Waals surface area contributed by atoms with Crippen LogP contribution in [0, 0.1) is 0 Å². The lowest BCUT2D eigenvalue weighted by Crippen LogP contribution is -2.15. The second-order valence-corrected chi connectivity index (χ2v) is 15.2. The van der Waals surface area contributed by atoms with Crippen LogP contribution in [0.15, 0.2) is 206 Å². The van der Waals surface area contributed by atoms with Gasteiger partial charge in [0.15, 0.2) is 11.5 Å². The Bertz CT molecular complexity index is 3050. The molecule has 0 spiro atoms. The quantitative estimate of drug-likeness (QED) is 0.169. The van der Waals surface area contributed by atoms with Crippen LogP contribution in [0.3, 0.4) is 0 Å². The molecule has 9 aromatic carbocycles. The molecular weight excluding hydrogens is 701 g/mol. The monoisotopic (exact) mass is 734 g/mol. The summed E-state index contributed by atoms with van der Waals surface area (Å²) in [6.07, 6.45) is 0. The maximum absolute atomic E-state index is 6.54. The van der Waals surface area contributed by atoms with E-state index in [0.29, 0.717) is 0 Å². The standard InChI is InChI=1S/C52H34N2OS/c1-2-13-40(14-3-1)54-47-17-7-8-19-49(47)55-50-34-39(25-31-48(50)54)36-23-29-42(30-24-36)53(46-18-10-12-37-11-4-5-15-43(37)46)41-27-21-35(22-28-41)38-26-32-52-45(33-38)44-16-6-9-20-51(44)56-52/h1-34H. The lowest BCUT2D eigenvalue weighted by molar-refractivity contribution is 0.477. The molecule has 4 heteroatoms. The lowest BCUT2D eigenvalue weighted by atomic mass is 10.0. The fourth-order valence-electron chi connectivity index (χ4n) is 8.13. The fourth-order valence-corrected chi connectivity index (χ4v) is 9.22. The van der Waals surface area contributed by atoms with Crippen molar-refractivity contribution in [2.24, 2.45) is 0 Å². The van der Waals surface area contributed by atoms with Gasteiger partial charge in [-0.3, -0.25) is 0 Å². The molecule has 0 unspecified atom stereocenters. The maximum Gasteiger partial charge on any atom is 0.152 e. The van der Waals surface area contributed by atoms with Crippen LogP contribution in [0.25, 0.3) is 53.2 Å². The molecule has 0 radical (unpaired) electrons. The Kier molecular flexibility index (Phi) is 7.68. The third kappa shape index (κ3) is 5.50. The topological polar surface area (TPSA) is 15.7 Å². The largest absolute Gasteiger partial charge is 0.453 e. The van der Waals surface area contributed by atoms with Crippen molar-refractivity contribution in [3.8, 4) is 33.8 Å². The summed E-state index contributed by atoms with van der Waals surface area (Å²) in [6, 6.07) is 73.8. The van der Waals surface area contributed by atoms with E-state index >= 15 is 0 Å². The molecule has 2 heterocycles. The Morgan fingerprint density at radius 1 is 0.393 bits per heavy atom. The number of anilines is 6. The van der Waals surface area contributed by atoms with E-state index in [1.807, 2.05) is 29.5 Å². The number of hydrogen-bond donors (Lipinski definition) is 0. The van der Waals surface area contributed by atoms with Gasteiger partial charge in [-0.05, 0) is 113 Å². The lowest BCUT2D eigenvalue weighted by Gasteiger charge is -2.33. The molecule has 11 rings (SSSR count). The highest BCUT2D eigenvalue weighted by atomic mass is 32.1. The van der Waals surface area contributed by atoms with E-state index in [1.54, 1.807) is 0 Å². The Morgan fingerprint density at radius 3 is 1.79 bits per heavy atom. The molecule has 3 nitrogen and oxygen atoms in total. The van der Waals surface area contributed by atoms with Crippen molar-refractivity contribution in [3.05, 3.63) is 206 Å². The summed E-state index contributed by atoms with van der Waals surface area (Å²) in [5.41, 5.74) is 11.1. The minimum absolute atomic E-state index is 0.831. The molecule has 264 valence electrons. The second kappa shape index (κ2) is 13.3. The molecule has 0 aliphatic carbocycles. The summed E-state index contributed by atoms with van der Waals surface area (Å²) in [7, 11) is 0. The molecule has 0 atom stereocenters. The molecule has 1 aliphatic heterocycles. The van der Waals surface area contributed by atoms with E-state index in [2.05, 4.69) is 198 Å². The zero-order valence-corrected chi connectivity index (χ0v) is 31.2. The summed E-state index contributed by atoms with van der Waals surface area (Å²) in [6.45, 7) is 0. The van der Waals surface area contributed by atoms with Gasteiger partial charge in [0.1, 0.15) is 0 Å². The summed E-state index contributed by atoms with van der Waals surface area (Å²) < 4.78 is 9.18. The Balaban J connectivity index is 0.966. The molecule has 0 saturated heterocycles. The van der Waals surface area contributed by atoms with Crippen LogP contribution >= 0.6 is 11.3 Å². The first-order valence-corrected chi connectivity index (χ1v) is 19.7. The van der Waals surface area contributed by atoms with Crippen molar-refractivity contribution in [1.82, 2.24) is 0 Å². The molecule has 1 aliphatic rings. The first-order chi connectivity index (χ1) is 27.7. The van der Waals surface area contributed by atoms with Crippen molar-refractivity contribution >= 4 is 76.4 Å². The number of benzene rings is 9. The van der Waals surface area contributed by atoms with Crippen molar-refractivity contribution in [2.75, 3.05) is 9.80 Å². The smallest absolute Gasteiger partial charge is 0.152 e. The SMILES string of the molecule is c1ccc(N2c3ccccc3Oc3cc(-c4ccc(N(c5ccc(-c6ccc7sc8ccccc8c7c6)cc5)c5cccc6ccccc56)cc4)ccc32)cc1. The number of thiophene rings is 1. The fraction of sp³-hybridized carbons (Fsp3) is 0. The number of ether oxygens (including phenoxy) is 1. The average molecular weight is 735 g/mol. The molecule has 0 saturated carbocycles. The summed E-state index contributed by atoms with van der Waals surface area (Å²) in [5, 5.41) is 5.04. The first-order valence-electron chi connectivity index (χ1n) is 18.9. The van der Waals surface area contributed by atoms with Crippen LogP contribution in [-0.4, -0.2) is 0 Å². The van der Waals surface area contributed by atoms with Crippen LogP contribution in [-0.2, 0) is 0 Å². The summed E-state index contributed by atoms with van der Waals surface area (Å²) >= 11 is 1.86. The van der Waals surface area contributed by atoms with Gasteiger partial charge in [-0.25, -0.2) is 0 Å². The van der Waals surface area contributed by atoms with E-state index in [0.717, 1.165) is 56.8 Å². The zero-order chi connectivity index (χ0) is 37.0. The van der Waals surface area contributed by atoms with Gasteiger partial charge in [-0.15, -0.1) is 11.3 Å². The van der Waals surface area contributed by atoms with Gasteiger partial charge in [0.2, 0.25) is 0 Å². The molecule has 0 bridgehead atoms. The molecule has 0 fully saturated rings. The van der Waals surface area contributed by atoms with Gasteiger partial charge in [-0.1, -0.05) is 121 Å². The number of para-hydroxylation sites is 3.